The lowest BCUT2D eigenvalue weighted by Crippen LogP contribution is -2.49. The fourth-order valence-electron chi connectivity index (χ4n) is 1.87. The molecule has 2 N–H and O–H groups in total. The van der Waals surface area contributed by atoms with Crippen LogP contribution in [0.3, 0.4) is 0 Å². The number of nitrogens with zero attached hydrogens (tertiary/aromatic N) is 1. The van der Waals surface area contributed by atoms with Gasteiger partial charge in [0.1, 0.15) is 12.1 Å². The molecule has 110 valence electrons. The highest BCUT2D eigenvalue weighted by molar-refractivity contribution is 5.86. The summed E-state index contributed by atoms with van der Waals surface area (Å²) in [6.45, 7) is 3.42. The molecule has 0 fully saturated rings. The molecular weight excluding hydrogens is 258 g/mol. The van der Waals surface area contributed by atoms with Gasteiger partial charge in [-0.2, -0.15) is 0 Å². The largest absolute Gasteiger partial charge is 0.480 e. The molecule has 5 nitrogen and oxygen atoms in total. The van der Waals surface area contributed by atoms with E-state index in [2.05, 4.69) is 0 Å². The Labute approximate surface area is 118 Å². The minimum Gasteiger partial charge on any atom is -0.480 e. The Morgan fingerprint density at radius 2 is 1.75 bits per heavy atom. The average Bonchev–Trinajstić information content (AvgIpc) is 2.43. The Balaban J connectivity index is 2.86. The fourth-order valence-corrected chi connectivity index (χ4v) is 1.87. The fraction of sp³-hybridized carbons (Fsp3) is 0.467. The number of hydrogen-bond acceptors (Lipinski definition) is 3. The zero-order chi connectivity index (χ0) is 15.3. The summed E-state index contributed by atoms with van der Waals surface area (Å²) in [4.78, 5) is 24.5. The summed E-state index contributed by atoms with van der Waals surface area (Å²) in [6.07, 6.45) is -0.971. The van der Waals surface area contributed by atoms with Crippen molar-refractivity contribution in [2.45, 2.75) is 32.4 Å². The van der Waals surface area contributed by atoms with Gasteiger partial charge in [0.05, 0.1) is 0 Å². The Morgan fingerprint density at radius 3 is 2.20 bits per heavy atom. The van der Waals surface area contributed by atoms with Crippen molar-refractivity contribution in [3.05, 3.63) is 35.9 Å². The van der Waals surface area contributed by atoms with Gasteiger partial charge < -0.3 is 15.1 Å². The first-order valence-corrected chi connectivity index (χ1v) is 6.56. The summed E-state index contributed by atoms with van der Waals surface area (Å²) in [5.74, 6) is -1.90. The first kappa shape index (κ1) is 16.2. The first-order chi connectivity index (χ1) is 9.34. The zero-order valence-electron chi connectivity index (χ0n) is 12.0. The van der Waals surface area contributed by atoms with Gasteiger partial charge in [-0.3, -0.25) is 4.79 Å². The number of likely N-dealkylation sites (N-methyl/N-ethyl adjacent to an activating group) is 1. The van der Waals surface area contributed by atoms with E-state index in [1.807, 2.05) is 30.3 Å². The topological polar surface area (TPSA) is 77.8 Å². The van der Waals surface area contributed by atoms with Crippen molar-refractivity contribution in [3.63, 3.8) is 0 Å². The normalized spacial score (nSPS) is 13.8. The quantitative estimate of drug-likeness (QED) is 0.819. The number of aliphatic carboxylic acids is 1. The number of aliphatic hydroxyl groups excluding tert-OH is 1. The Morgan fingerprint density at radius 1 is 1.20 bits per heavy atom. The molecule has 1 rings (SSSR count). The van der Waals surface area contributed by atoms with Crippen LogP contribution in [0, 0.1) is 5.92 Å². The van der Waals surface area contributed by atoms with Gasteiger partial charge in [0, 0.05) is 13.5 Å². The van der Waals surface area contributed by atoms with Crippen LogP contribution in [0.4, 0.5) is 0 Å². The monoisotopic (exact) mass is 279 g/mol. The van der Waals surface area contributed by atoms with Crippen LogP contribution in [0.25, 0.3) is 0 Å². The summed E-state index contributed by atoms with van der Waals surface area (Å²) in [5.41, 5.74) is 0.832. The molecule has 0 radical (unpaired) electrons. The molecule has 20 heavy (non-hydrogen) atoms. The maximum absolute atomic E-state index is 12.0. The van der Waals surface area contributed by atoms with E-state index in [1.165, 1.54) is 7.05 Å². The Hall–Kier alpha value is -1.88. The molecule has 0 saturated carbocycles. The molecule has 0 saturated heterocycles. The maximum atomic E-state index is 12.0. The number of carboxylic acids is 1. The number of carbonyl (C=O) groups excluding carboxylic acids is 1. The van der Waals surface area contributed by atoms with E-state index in [0.29, 0.717) is 0 Å². The SMILES string of the molecule is CC(C)[C@H](O)C(=O)N(C)[C@H](Cc1ccccc1)C(=O)O. The molecule has 0 spiro atoms. The van der Waals surface area contributed by atoms with Gasteiger partial charge in [-0.05, 0) is 11.5 Å². The molecule has 0 bridgehead atoms. The molecule has 2 atom stereocenters. The van der Waals surface area contributed by atoms with Crippen LogP contribution in [0.1, 0.15) is 19.4 Å². The van der Waals surface area contributed by atoms with Crippen LogP contribution in [-0.2, 0) is 16.0 Å². The predicted octanol–water partition coefficient (Wildman–Crippen LogP) is 1.16. The highest BCUT2D eigenvalue weighted by Gasteiger charge is 2.31. The lowest BCUT2D eigenvalue weighted by atomic mass is 10.0. The molecule has 1 amide bonds. The summed E-state index contributed by atoms with van der Waals surface area (Å²) in [5, 5.41) is 19.1. The Bertz CT molecular complexity index is 458. The standard InChI is InChI=1S/C15H21NO4/c1-10(2)13(17)14(18)16(3)12(15(19)20)9-11-7-5-4-6-8-11/h4-8,10,12-13,17H,9H2,1-3H3,(H,19,20)/t12-,13+/m1/s1. The lowest BCUT2D eigenvalue weighted by Gasteiger charge is -2.28. The third-order valence-electron chi connectivity index (χ3n) is 3.26. The molecule has 0 unspecified atom stereocenters. The second-order valence-corrected chi connectivity index (χ2v) is 5.18. The average molecular weight is 279 g/mol. The third kappa shape index (κ3) is 4.06. The smallest absolute Gasteiger partial charge is 0.326 e. The second-order valence-electron chi connectivity index (χ2n) is 5.18. The van der Waals surface area contributed by atoms with E-state index in [0.717, 1.165) is 10.5 Å². The van der Waals surface area contributed by atoms with Crippen molar-refractivity contribution in [1.29, 1.82) is 0 Å². The van der Waals surface area contributed by atoms with Gasteiger partial charge in [-0.15, -0.1) is 0 Å². The predicted molar refractivity (Wildman–Crippen MR) is 75.2 cm³/mol. The molecular formula is C15H21NO4. The zero-order valence-corrected chi connectivity index (χ0v) is 12.0. The van der Waals surface area contributed by atoms with E-state index in [1.54, 1.807) is 13.8 Å². The Kier molecular flexibility index (Phi) is 5.70. The van der Waals surface area contributed by atoms with E-state index in [9.17, 15) is 19.8 Å². The van der Waals surface area contributed by atoms with E-state index in [-0.39, 0.29) is 12.3 Å². The molecule has 0 heterocycles. The number of carbonyl (C=O) groups is 2. The highest BCUT2D eigenvalue weighted by atomic mass is 16.4. The summed E-state index contributed by atoms with van der Waals surface area (Å²) in [6, 6.07) is 8.12. The number of amides is 1. The minimum absolute atomic E-state index is 0.212. The van der Waals surface area contributed by atoms with Crippen molar-refractivity contribution in [3.8, 4) is 0 Å². The molecule has 0 aliphatic heterocycles. The summed E-state index contributed by atoms with van der Waals surface area (Å²) < 4.78 is 0. The van der Waals surface area contributed by atoms with Crippen molar-refractivity contribution < 1.29 is 19.8 Å². The van der Waals surface area contributed by atoms with Crippen LogP contribution < -0.4 is 0 Å². The minimum atomic E-state index is -1.18. The van der Waals surface area contributed by atoms with Gasteiger partial charge in [0.25, 0.3) is 5.91 Å². The van der Waals surface area contributed by atoms with Crippen molar-refractivity contribution in [2.75, 3.05) is 7.05 Å². The number of benzene rings is 1. The lowest BCUT2D eigenvalue weighted by molar-refractivity contribution is -0.153. The van der Waals surface area contributed by atoms with Gasteiger partial charge in [0.2, 0.25) is 0 Å². The molecule has 0 aliphatic carbocycles. The first-order valence-electron chi connectivity index (χ1n) is 6.56. The van der Waals surface area contributed by atoms with Crippen LogP contribution in [-0.4, -0.2) is 46.2 Å². The number of aliphatic hydroxyl groups is 1. The van der Waals surface area contributed by atoms with Gasteiger partial charge in [-0.1, -0.05) is 44.2 Å². The number of rotatable bonds is 6. The summed E-state index contributed by atoms with van der Waals surface area (Å²) in [7, 11) is 1.41. The molecule has 0 aromatic heterocycles. The van der Waals surface area contributed by atoms with Crippen LogP contribution in [0.5, 0.6) is 0 Å². The highest BCUT2D eigenvalue weighted by Crippen LogP contribution is 2.12. The van der Waals surface area contributed by atoms with Crippen molar-refractivity contribution >= 4 is 11.9 Å². The number of carboxylic acid groups (broad SMARTS) is 1. The van der Waals surface area contributed by atoms with Crippen LogP contribution >= 0.6 is 0 Å². The third-order valence-corrected chi connectivity index (χ3v) is 3.26. The van der Waals surface area contributed by atoms with E-state index >= 15 is 0 Å². The summed E-state index contributed by atoms with van der Waals surface area (Å²) >= 11 is 0. The number of hydrogen-bond donors (Lipinski definition) is 2. The van der Waals surface area contributed by atoms with Gasteiger partial charge in [0.15, 0.2) is 0 Å². The van der Waals surface area contributed by atoms with E-state index in [4.69, 9.17) is 0 Å². The molecule has 1 aromatic carbocycles. The van der Waals surface area contributed by atoms with Crippen molar-refractivity contribution in [2.24, 2.45) is 5.92 Å². The van der Waals surface area contributed by atoms with Crippen LogP contribution in [0.15, 0.2) is 30.3 Å². The maximum Gasteiger partial charge on any atom is 0.326 e. The van der Waals surface area contributed by atoms with Crippen molar-refractivity contribution in [1.82, 2.24) is 4.90 Å². The van der Waals surface area contributed by atoms with Gasteiger partial charge in [-0.25, -0.2) is 4.79 Å². The van der Waals surface area contributed by atoms with Crippen LogP contribution in [0.2, 0.25) is 0 Å². The van der Waals surface area contributed by atoms with E-state index < -0.39 is 24.0 Å². The molecule has 5 heteroatoms. The second kappa shape index (κ2) is 7.05. The van der Waals surface area contributed by atoms with Gasteiger partial charge >= 0.3 is 5.97 Å². The molecule has 0 aliphatic rings. The molecule has 1 aromatic rings.